The third-order valence-electron chi connectivity index (χ3n) is 6.19. The molecule has 178 valence electrons. The van der Waals surface area contributed by atoms with Gasteiger partial charge in [-0.1, -0.05) is 11.6 Å². The van der Waals surface area contributed by atoms with E-state index in [4.69, 9.17) is 11.6 Å². The molecule has 3 aromatic rings. The number of nitrogens with one attached hydrogen (secondary N) is 2. The van der Waals surface area contributed by atoms with E-state index in [0.717, 1.165) is 12.8 Å². The number of anilines is 1. The van der Waals surface area contributed by atoms with Gasteiger partial charge in [0, 0.05) is 38.8 Å². The van der Waals surface area contributed by atoms with Gasteiger partial charge < -0.3 is 15.2 Å². The lowest BCUT2D eigenvalue weighted by Crippen LogP contribution is -2.46. The molecule has 34 heavy (non-hydrogen) atoms. The highest BCUT2D eigenvalue weighted by molar-refractivity contribution is 6.35. The van der Waals surface area contributed by atoms with E-state index in [0.29, 0.717) is 44.0 Å². The highest BCUT2D eigenvalue weighted by atomic mass is 35.5. The third kappa shape index (κ3) is 4.47. The number of aromatic amines is 1. The van der Waals surface area contributed by atoms with Gasteiger partial charge in [-0.25, -0.2) is 14.4 Å². The molecular formula is C23H23ClF2N6O2. The zero-order valence-electron chi connectivity index (χ0n) is 18.5. The zero-order chi connectivity index (χ0) is 24.0. The second-order valence-electron chi connectivity index (χ2n) is 8.72. The summed E-state index contributed by atoms with van der Waals surface area (Å²) in [6.45, 7) is 4.10. The summed E-state index contributed by atoms with van der Waals surface area (Å²) in [5.41, 5.74) is 0.938. The monoisotopic (exact) mass is 488 g/mol. The Hall–Kier alpha value is -3.11. The Morgan fingerprint density at radius 3 is 2.62 bits per heavy atom. The molecule has 0 radical (unpaired) electrons. The van der Waals surface area contributed by atoms with E-state index in [2.05, 4.69) is 25.2 Å². The number of hydrogen-bond acceptors (Lipinski definition) is 6. The predicted octanol–water partition coefficient (Wildman–Crippen LogP) is 2.77. The molecule has 2 fully saturated rings. The number of fused-ring (bicyclic) bond motifs is 1. The SMILES string of the molecule is Cc1nc2c(F)cc(CN3CCN(c4ccc(C(=O)NC5CC5)nc4F)CC3)c(Cl)c2[nH]c1=O. The summed E-state index contributed by atoms with van der Waals surface area (Å²) < 4.78 is 29.3. The number of carbonyl (C=O) groups excluding carboxylic acids is 1. The lowest BCUT2D eigenvalue weighted by atomic mass is 10.1. The minimum absolute atomic E-state index is 0.0351. The van der Waals surface area contributed by atoms with Crippen molar-refractivity contribution in [2.45, 2.75) is 32.4 Å². The molecule has 2 N–H and O–H groups in total. The van der Waals surface area contributed by atoms with Gasteiger partial charge >= 0.3 is 0 Å². The Labute approximate surface area is 198 Å². The van der Waals surface area contributed by atoms with Gasteiger partial charge in [-0.3, -0.25) is 14.5 Å². The van der Waals surface area contributed by atoms with Crippen molar-refractivity contribution in [1.29, 1.82) is 0 Å². The molecule has 11 heteroatoms. The van der Waals surface area contributed by atoms with Gasteiger partial charge in [-0.15, -0.1) is 0 Å². The van der Waals surface area contributed by atoms with E-state index < -0.39 is 17.3 Å². The Bertz CT molecular complexity index is 1340. The van der Waals surface area contributed by atoms with Gasteiger partial charge in [-0.05, 0) is 43.5 Å². The van der Waals surface area contributed by atoms with Crippen LogP contribution in [0.4, 0.5) is 14.5 Å². The molecule has 1 aromatic carbocycles. The van der Waals surface area contributed by atoms with Crippen LogP contribution in [0.3, 0.4) is 0 Å². The van der Waals surface area contributed by atoms with Crippen LogP contribution in [0.5, 0.6) is 0 Å². The van der Waals surface area contributed by atoms with Gasteiger partial charge in [-0.2, -0.15) is 4.39 Å². The van der Waals surface area contributed by atoms with Crippen LogP contribution in [-0.2, 0) is 6.54 Å². The zero-order valence-corrected chi connectivity index (χ0v) is 19.3. The number of H-pyrrole nitrogens is 1. The summed E-state index contributed by atoms with van der Waals surface area (Å²) in [5, 5.41) is 3.06. The number of aromatic nitrogens is 3. The van der Waals surface area contributed by atoms with Crippen molar-refractivity contribution in [2.75, 3.05) is 31.1 Å². The van der Waals surface area contributed by atoms with Crippen molar-refractivity contribution in [3.63, 3.8) is 0 Å². The number of hydrogen-bond donors (Lipinski definition) is 2. The minimum atomic E-state index is -0.678. The molecule has 1 aliphatic heterocycles. The van der Waals surface area contributed by atoms with E-state index in [-0.39, 0.29) is 39.4 Å². The van der Waals surface area contributed by atoms with Crippen molar-refractivity contribution in [1.82, 2.24) is 25.2 Å². The van der Waals surface area contributed by atoms with E-state index in [1.807, 2.05) is 4.90 Å². The molecule has 5 rings (SSSR count). The van der Waals surface area contributed by atoms with E-state index in [1.54, 1.807) is 6.07 Å². The topological polar surface area (TPSA) is 94.2 Å². The van der Waals surface area contributed by atoms with Gasteiger partial charge in [0.2, 0.25) is 5.95 Å². The summed E-state index contributed by atoms with van der Waals surface area (Å²) in [4.78, 5) is 38.5. The Morgan fingerprint density at radius 1 is 1.21 bits per heavy atom. The molecule has 1 amide bonds. The molecule has 2 aliphatic rings. The fourth-order valence-electron chi connectivity index (χ4n) is 4.09. The number of aryl methyl sites for hydroxylation is 1. The second kappa shape index (κ2) is 8.92. The first-order valence-electron chi connectivity index (χ1n) is 11.1. The van der Waals surface area contributed by atoms with Crippen LogP contribution < -0.4 is 15.8 Å². The fraction of sp³-hybridized carbons (Fsp3) is 0.391. The van der Waals surface area contributed by atoms with Crippen molar-refractivity contribution >= 4 is 34.2 Å². The lowest BCUT2D eigenvalue weighted by molar-refractivity contribution is 0.0945. The van der Waals surface area contributed by atoms with Crippen molar-refractivity contribution in [2.24, 2.45) is 0 Å². The van der Waals surface area contributed by atoms with Crippen LogP contribution in [0.15, 0.2) is 23.0 Å². The summed E-state index contributed by atoms with van der Waals surface area (Å²) in [6, 6.07) is 4.64. The quantitative estimate of drug-likeness (QED) is 0.536. The first-order chi connectivity index (χ1) is 16.3. The second-order valence-corrected chi connectivity index (χ2v) is 9.10. The Kier molecular flexibility index (Phi) is 5.95. The van der Waals surface area contributed by atoms with Gasteiger partial charge in [0.15, 0.2) is 5.82 Å². The molecule has 0 atom stereocenters. The fourth-order valence-corrected chi connectivity index (χ4v) is 4.34. The first-order valence-corrected chi connectivity index (χ1v) is 11.5. The highest BCUT2D eigenvalue weighted by Gasteiger charge is 2.26. The average molecular weight is 489 g/mol. The first kappa shape index (κ1) is 22.7. The predicted molar refractivity (Wildman–Crippen MR) is 124 cm³/mol. The molecule has 2 aromatic heterocycles. The van der Waals surface area contributed by atoms with Gasteiger partial charge in [0.05, 0.1) is 16.2 Å². The summed E-state index contributed by atoms with van der Waals surface area (Å²) in [7, 11) is 0. The molecule has 1 saturated carbocycles. The summed E-state index contributed by atoms with van der Waals surface area (Å²) >= 11 is 6.47. The van der Waals surface area contributed by atoms with E-state index >= 15 is 0 Å². The van der Waals surface area contributed by atoms with Crippen LogP contribution in [0.25, 0.3) is 11.0 Å². The number of benzene rings is 1. The minimum Gasteiger partial charge on any atom is -0.365 e. The number of carbonyl (C=O) groups is 1. The van der Waals surface area contributed by atoms with Gasteiger partial charge in [0.1, 0.15) is 16.9 Å². The number of nitrogens with zero attached hydrogens (tertiary/aromatic N) is 4. The lowest BCUT2D eigenvalue weighted by Gasteiger charge is -2.36. The number of amides is 1. The number of piperazine rings is 1. The largest absolute Gasteiger partial charge is 0.365 e. The molecule has 0 unspecified atom stereocenters. The highest BCUT2D eigenvalue weighted by Crippen LogP contribution is 2.28. The van der Waals surface area contributed by atoms with Crippen molar-refractivity contribution < 1.29 is 13.6 Å². The maximum Gasteiger partial charge on any atom is 0.270 e. The van der Waals surface area contributed by atoms with Gasteiger partial charge in [0.25, 0.3) is 11.5 Å². The molecule has 3 heterocycles. The normalized spacial score (nSPS) is 16.8. The number of halogens is 3. The van der Waals surface area contributed by atoms with Crippen LogP contribution in [0, 0.1) is 18.7 Å². The van der Waals surface area contributed by atoms with Crippen LogP contribution in [0.1, 0.15) is 34.6 Å². The maximum absolute atomic E-state index is 14.7. The van der Waals surface area contributed by atoms with Crippen LogP contribution in [0.2, 0.25) is 5.02 Å². The molecule has 1 saturated heterocycles. The van der Waals surface area contributed by atoms with Crippen molar-refractivity contribution in [3.05, 3.63) is 62.3 Å². The van der Waals surface area contributed by atoms with Crippen LogP contribution >= 0.6 is 11.6 Å². The third-order valence-corrected chi connectivity index (χ3v) is 6.62. The molecule has 0 bridgehead atoms. The Balaban J connectivity index is 1.26. The van der Waals surface area contributed by atoms with E-state index in [1.165, 1.54) is 19.1 Å². The number of pyridine rings is 1. The molecule has 0 spiro atoms. The van der Waals surface area contributed by atoms with Crippen molar-refractivity contribution in [3.8, 4) is 0 Å². The molecular weight excluding hydrogens is 466 g/mol. The molecule has 1 aliphatic carbocycles. The summed E-state index contributed by atoms with van der Waals surface area (Å²) in [5.74, 6) is -1.58. The van der Waals surface area contributed by atoms with Crippen LogP contribution in [-0.4, -0.2) is 58.0 Å². The summed E-state index contributed by atoms with van der Waals surface area (Å²) in [6.07, 6.45) is 1.89. The number of rotatable bonds is 5. The average Bonchev–Trinajstić information content (AvgIpc) is 3.63. The Morgan fingerprint density at radius 2 is 1.94 bits per heavy atom. The maximum atomic E-state index is 14.7. The molecule has 8 nitrogen and oxygen atoms in total. The van der Waals surface area contributed by atoms with E-state index in [9.17, 15) is 18.4 Å². The smallest absolute Gasteiger partial charge is 0.270 e. The standard InChI is InChI=1S/C23H23ClF2N6O2/c1-12-22(33)30-20-18(24)13(10-15(25)19(20)27-12)11-31-6-8-32(9-7-31)17-5-4-16(29-21(17)26)23(34)28-14-2-3-14/h4-5,10,14H,2-3,6-9,11H2,1H3,(H,28,34)(H,30,33).